The van der Waals surface area contributed by atoms with Crippen molar-refractivity contribution >= 4 is 46.7 Å². The molecule has 0 bridgehead atoms. The molecule has 43 heavy (non-hydrogen) atoms. The van der Waals surface area contributed by atoms with Crippen LogP contribution in [0.15, 0.2) is 54.6 Å². The highest BCUT2D eigenvalue weighted by Crippen LogP contribution is 2.59. The van der Waals surface area contributed by atoms with Crippen molar-refractivity contribution in [2.45, 2.75) is 69.7 Å². The summed E-state index contributed by atoms with van der Waals surface area (Å²) in [5, 5.41) is 6.19. The van der Waals surface area contributed by atoms with E-state index in [-0.39, 0.29) is 22.1 Å². The van der Waals surface area contributed by atoms with Gasteiger partial charge in [0.25, 0.3) is 5.91 Å². The molecule has 1 aliphatic heterocycles. The van der Waals surface area contributed by atoms with Crippen molar-refractivity contribution in [3.05, 3.63) is 70.6 Å². The van der Waals surface area contributed by atoms with E-state index in [1.165, 1.54) is 17.0 Å². The van der Waals surface area contributed by atoms with E-state index in [1.807, 2.05) is 30.3 Å². The van der Waals surface area contributed by atoms with Crippen molar-refractivity contribution in [1.82, 2.24) is 15.5 Å². The van der Waals surface area contributed by atoms with Gasteiger partial charge in [0.2, 0.25) is 11.8 Å². The number of likely N-dealkylation sites (tertiary alicyclic amines) is 1. The Balaban J connectivity index is 1.33. The molecule has 0 spiro atoms. The molecule has 1 aliphatic carbocycles. The van der Waals surface area contributed by atoms with Gasteiger partial charge in [-0.05, 0) is 60.2 Å². The molecule has 13 heteroatoms. The van der Waals surface area contributed by atoms with Crippen molar-refractivity contribution < 1.29 is 37.5 Å². The van der Waals surface area contributed by atoms with Gasteiger partial charge in [-0.15, -0.1) is 11.3 Å². The second-order valence-corrected chi connectivity index (χ2v) is 15.1. The summed E-state index contributed by atoms with van der Waals surface area (Å²) in [5.74, 6) is -1.20. The monoisotopic (exact) mass is 633 g/mol. The number of fused-ring (bicyclic) bond motifs is 1. The van der Waals surface area contributed by atoms with Gasteiger partial charge in [-0.2, -0.15) is 8.78 Å². The van der Waals surface area contributed by atoms with Crippen molar-refractivity contribution in [1.29, 1.82) is 0 Å². The zero-order valence-corrected chi connectivity index (χ0v) is 25.7. The summed E-state index contributed by atoms with van der Waals surface area (Å²) in [7, 11) is -5.76. The van der Waals surface area contributed by atoms with Crippen LogP contribution in [0.2, 0.25) is 0 Å². The van der Waals surface area contributed by atoms with E-state index >= 15 is 0 Å². The maximum atomic E-state index is 14.3. The lowest BCUT2D eigenvalue weighted by Gasteiger charge is -2.35. The smallest absolute Gasteiger partial charge is 0.345 e. The molecule has 1 aromatic heterocycles. The van der Waals surface area contributed by atoms with E-state index in [9.17, 15) is 27.7 Å². The van der Waals surface area contributed by atoms with Gasteiger partial charge in [-0.1, -0.05) is 57.2 Å². The highest BCUT2D eigenvalue weighted by Gasteiger charge is 2.51. The average Bonchev–Trinajstić information content (AvgIpc) is 3.34. The third kappa shape index (κ3) is 6.11. The normalized spacial score (nSPS) is 19.2. The number of halogens is 2. The SMILES string of the molecule is CC(C)(C)C(NC(=O)c1cc2cc(C(F)(F)P(=O)(O)O)ccc2s1)C(=O)N1CCCC1C(=O)NC1(c2ccccc2)CC1. The van der Waals surface area contributed by atoms with Crippen LogP contribution in [0.25, 0.3) is 10.1 Å². The van der Waals surface area contributed by atoms with Crippen molar-refractivity contribution in [2.75, 3.05) is 6.54 Å². The van der Waals surface area contributed by atoms with Crippen molar-refractivity contribution in [3.8, 4) is 0 Å². The van der Waals surface area contributed by atoms with E-state index in [2.05, 4.69) is 10.6 Å². The fraction of sp³-hybridized carbons (Fsp3) is 0.433. The summed E-state index contributed by atoms with van der Waals surface area (Å²) in [6, 6.07) is 12.6. The Kier molecular flexibility index (Phi) is 8.05. The lowest BCUT2D eigenvalue weighted by Crippen LogP contribution is -2.58. The Labute approximate surface area is 251 Å². The number of benzene rings is 2. The van der Waals surface area contributed by atoms with Gasteiger partial charge in [-0.3, -0.25) is 18.9 Å². The number of carbonyl (C=O) groups excluding carboxylic acids is 3. The Morgan fingerprint density at radius 1 is 1.07 bits per heavy atom. The first-order chi connectivity index (χ1) is 20.0. The van der Waals surface area contributed by atoms with Gasteiger partial charge >= 0.3 is 13.3 Å². The molecule has 0 radical (unpaired) electrons. The number of hydrogen-bond donors (Lipinski definition) is 4. The van der Waals surface area contributed by atoms with Gasteiger partial charge < -0.3 is 25.3 Å². The number of hydrogen-bond acceptors (Lipinski definition) is 5. The van der Waals surface area contributed by atoms with E-state index < -0.39 is 47.8 Å². The van der Waals surface area contributed by atoms with Crippen LogP contribution in [0.5, 0.6) is 0 Å². The standard InChI is InChI=1S/C30H34F2N3O6PS/c1-28(2,3)24(33-26(37)23-17-18-16-20(11-12-22(18)43-23)30(31,32)42(39,40)41)27(38)35-15-7-10-21(35)25(36)34-29(13-14-29)19-8-5-4-6-9-19/h4-6,8-9,11-12,16-17,21,24H,7,10,13-15H2,1-3H3,(H,33,37)(H,34,36)(H2,39,40,41). The van der Waals surface area contributed by atoms with Gasteiger partial charge in [0.1, 0.15) is 12.1 Å². The third-order valence-corrected chi connectivity index (χ3v) is 10.2. The predicted octanol–water partition coefficient (Wildman–Crippen LogP) is 5.07. The van der Waals surface area contributed by atoms with Crippen LogP contribution < -0.4 is 10.6 Å². The summed E-state index contributed by atoms with van der Waals surface area (Å²) in [6.07, 6.45) is 2.78. The first-order valence-electron chi connectivity index (χ1n) is 14.0. The van der Waals surface area contributed by atoms with E-state index in [0.717, 1.165) is 41.9 Å². The lowest BCUT2D eigenvalue weighted by atomic mass is 9.85. The topological polar surface area (TPSA) is 136 Å². The summed E-state index contributed by atoms with van der Waals surface area (Å²) >= 11 is 1.01. The maximum Gasteiger partial charge on any atom is 0.399 e. The zero-order valence-electron chi connectivity index (χ0n) is 24.0. The molecule has 1 saturated carbocycles. The second kappa shape index (κ2) is 11.1. The molecule has 1 saturated heterocycles. The van der Waals surface area contributed by atoms with Crippen LogP contribution in [0.4, 0.5) is 8.78 Å². The Morgan fingerprint density at radius 2 is 1.74 bits per heavy atom. The molecule has 2 fully saturated rings. The number of alkyl halides is 2. The Hall–Kier alpha value is -3.18. The minimum absolute atomic E-state index is 0.142. The summed E-state index contributed by atoms with van der Waals surface area (Å²) in [6.45, 7) is 5.78. The van der Waals surface area contributed by atoms with Crippen LogP contribution in [0, 0.1) is 5.41 Å². The number of nitrogens with zero attached hydrogens (tertiary/aromatic N) is 1. The second-order valence-electron chi connectivity index (χ2n) is 12.3. The minimum atomic E-state index is -5.76. The maximum absolute atomic E-state index is 14.3. The largest absolute Gasteiger partial charge is 0.399 e. The molecule has 2 unspecified atom stereocenters. The van der Waals surface area contributed by atoms with Gasteiger partial charge in [0.05, 0.1) is 10.4 Å². The first-order valence-corrected chi connectivity index (χ1v) is 16.4. The van der Waals surface area contributed by atoms with Crippen LogP contribution >= 0.6 is 18.9 Å². The highest BCUT2D eigenvalue weighted by molar-refractivity contribution is 7.52. The van der Waals surface area contributed by atoms with Gasteiger partial charge in [0, 0.05) is 16.8 Å². The molecule has 2 aliphatic rings. The molecule has 4 N–H and O–H groups in total. The van der Waals surface area contributed by atoms with E-state index in [0.29, 0.717) is 24.1 Å². The minimum Gasteiger partial charge on any atom is -0.345 e. The molecule has 9 nitrogen and oxygen atoms in total. The van der Waals surface area contributed by atoms with Crippen LogP contribution in [0.3, 0.4) is 0 Å². The first kappa shape index (κ1) is 31.3. The molecule has 3 amide bonds. The number of thiophene rings is 1. The van der Waals surface area contributed by atoms with Crippen LogP contribution in [-0.2, 0) is 25.4 Å². The van der Waals surface area contributed by atoms with Gasteiger partial charge in [-0.25, -0.2) is 0 Å². The Morgan fingerprint density at radius 3 is 2.35 bits per heavy atom. The van der Waals surface area contributed by atoms with E-state index in [1.54, 1.807) is 20.8 Å². The fourth-order valence-corrected chi connectivity index (χ4v) is 6.94. The third-order valence-electron chi connectivity index (χ3n) is 8.12. The van der Waals surface area contributed by atoms with Gasteiger partial charge in [0.15, 0.2) is 0 Å². The molecule has 3 aromatic rings. The molecule has 5 rings (SSSR count). The van der Waals surface area contributed by atoms with Crippen molar-refractivity contribution in [3.63, 3.8) is 0 Å². The lowest BCUT2D eigenvalue weighted by molar-refractivity contribution is -0.142. The van der Waals surface area contributed by atoms with E-state index in [4.69, 9.17) is 9.79 Å². The molecular formula is C30H34F2N3O6PS. The molecule has 2 aromatic carbocycles. The molecular weight excluding hydrogens is 599 g/mol. The highest BCUT2D eigenvalue weighted by atomic mass is 32.1. The molecule has 230 valence electrons. The van der Waals surface area contributed by atoms with Crippen LogP contribution in [-0.4, -0.2) is 51.0 Å². The number of rotatable bonds is 8. The summed E-state index contributed by atoms with van der Waals surface area (Å²) in [5.41, 5.74) is -5.37. The van der Waals surface area contributed by atoms with Crippen LogP contribution in [0.1, 0.15) is 67.3 Å². The Bertz CT molecular complexity index is 1610. The number of amides is 3. The number of carbonyl (C=O) groups is 3. The average molecular weight is 634 g/mol. The zero-order chi connectivity index (χ0) is 31.4. The number of nitrogens with one attached hydrogen (secondary N) is 2. The summed E-state index contributed by atoms with van der Waals surface area (Å²) in [4.78, 5) is 60.6. The predicted molar refractivity (Wildman–Crippen MR) is 159 cm³/mol. The quantitative estimate of drug-likeness (QED) is 0.256. The van der Waals surface area contributed by atoms with Crippen molar-refractivity contribution in [2.24, 2.45) is 5.41 Å². The molecule has 2 heterocycles. The fourth-order valence-electron chi connectivity index (χ4n) is 5.52. The molecule has 2 atom stereocenters. The summed E-state index contributed by atoms with van der Waals surface area (Å²) < 4.78 is 40.3.